The first-order valence-electron chi connectivity index (χ1n) is 6.23. The van der Waals surface area contributed by atoms with E-state index in [1.165, 1.54) is 6.42 Å². The highest BCUT2D eigenvalue weighted by Gasteiger charge is 2.19. The number of rotatable bonds is 4. The third-order valence-corrected chi connectivity index (χ3v) is 5.67. The van der Waals surface area contributed by atoms with Gasteiger partial charge in [-0.2, -0.15) is 0 Å². The van der Waals surface area contributed by atoms with E-state index >= 15 is 0 Å². The molecule has 0 bridgehead atoms. The molecule has 0 N–H and O–H groups in total. The second-order valence-corrected chi connectivity index (χ2v) is 6.76. The van der Waals surface area contributed by atoms with Crippen molar-refractivity contribution in [2.45, 2.75) is 25.8 Å². The van der Waals surface area contributed by atoms with E-state index in [-0.39, 0.29) is 9.52 Å². The predicted molar refractivity (Wildman–Crippen MR) is 75.0 cm³/mol. The van der Waals surface area contributed by atoms with Crippen LogP contribution < -0.4 is 5.19 Å². The van der Waals surface area contributed by atoms with E-state index in [9.17, 15) is 0 Å². The van der Waals surface area contributed by atoms with Crippen molar-refractivity contribution in [2.24, 2.45) is 5.92 Å². The maximum Gasteiger partial charge on any atom is 0.0667 e. The Hall–Kier alpha value is -1.08. The molecule has 16 heavy (non-hydrogen) atoms. The van der Waals surface area contributed by atoms with E-state index in [2.05, 4.69) is 62.4 Å². The van der Waals surface area contributed by atoms with Gasteiger partial charge in [0.05, 0.1) is 9.52 Å². The molecule has 0 saturated heterocycles. The molecule has 0 nitrogen and oxygen atoms in total. The summed E-state index contributed by atoms with van der Waals surface area (Å²) in [4.78, 5) is 0. The van der Waals surface area contributed by atoms with Crippen LogP contribution in [-0.4, -0.2) is 9.52 Å². The van der Waals surface area contributed by atoms with Crippen LogP contribution in [0.15, 0.2) is 54.1 Å². The summed E-state index contributed by atoms with van der Waals surface area (Å²) in [5.74, 6) is 0.746. The first-order chi connectivity index (χ1) is 7.81. The van der Waals surface area contributed by atoms with Gasteiger partial charge in [-0.1, -0.05) is 73.2 Å². The van der Waals surface area contributed by atoms with E-state index in [0.29, 0.717) is 0 Å². The highest BCUT2D eigenvalue weighted by Crippen LogP contribution is 2.31. The molecule has 0 aliphatic heterocycles. The highest BCUT2D eigenvalue weighted by atomic mass is 28.2. The zero-order valence-electron chi connectivity index (χ0n) is 10.2. The Morgan fingerprint density at radius 1 is 1.25 bits per heavy atom. The van der Waals surface area contributed by atoms with Crippen LogP contribution in [0.4, 0.5) is 0 Å². The number of hydrogen-bond acceptors (Lipinski definition) is 0. The molecular weight excluding hydrogens is 208 g/mol. The van der Waals surface area contributed by atoms with Crippen LogP contribution in [-0.2, 0) is 0 Å². The van der Waals surface area contributed by atoms with Crippen molar-refractivity contribution < 1.29 is 0 Å². The molecule has 0 fully saturated rings. The normalized spacial score (nSPS) is 21.6. The van der Waals surface area contributed by atoms with Crippen molar-refractivity contribution in [1.82, 2.24) is 0 Å². The van der Waals surface area contributed by atoms with Gasteiger partial charge in [-0.05, 0) is 17.9 Å². The summed E-state index contributed by atoms with van der Waals surface area (Å²) in [6, 6.07) is 11.0. The third kappa shape index (κ3) is 2.53. The fourth-order valence-corrected chi connectivity index (χ4v) is 4.47. The van der Waals surface area contributed by atoms with Crippen LogP contribution in [0.2, 0.25) is 5.54 Å². The molecule has 0 aromatic heterocycles. The van der Waals surface area contributed by atoms with Gasteiger partial charge in [0.1, 0.15) is 0 Å². The topological polar surface area (TPSA) is 0 Å². The Morgan fingerprint density at radius 3 is 2.69 bits per heavy atom. The molecule has 2 atom stereocenters. The van der Waals surface area contributed by atoms with Crippen LogP contribution in [0.3, 0.4) is 0 Å². The van der Waals surface area contributed by atoms with Crippen LogP contribution in [0.1, 0.15) is 20.3 Å². The van der Waals surface area contributed by atoms with Gasteiger partial charge in [0, 0.05) is 0 Å². The van der Waals surface area contributed by atoms with Gasteiger partial charge >= 0.3 is 0 Å². The van der Waals surface area contributed by atoms with Gasteiger partial charge < -0.3 is 0 Å². The summed E-state index contributed by atoms with van der Waals surface area (Å²) in [5, 5.41) is 1.58. The quantitative estimate of drug-likeness (QED) is 0.695. The van der Waals surface area contributed by atoms with Crippen LogP contribution >= 0.6 is 0 Å². The van der Waals surface area contributed by atoms with E-state index in [0.717, 1.165) is 11.5 Å². The molecule has 1 aromatic carbocycles. The van der Waals surface area contributed by atoms with Gasteiger partial charge in [-0.3, -0.25) is 0 Å². The van der Waals surface area contributed by atoms with Crippen molar-refractivity contribution >= 4 is 14.7 Å². The Bertz CT molecular complexity index is 389. The fourth-order valence-electron chi connectivity index (χ4n) is 2.35. The minimum atomic E-state index is -0.190. The predicted octanol–water partition coefficient (Wildman–Crippen LogP) is 2.81. The minimum absolute atomic E-state index is 0.190. The molecule has 0 spiro atoms. The second-order valence-electron chi connectivity index (χ2n) is 4.66. The Morgan fingerprint density at radius 2 is 2.00 bits per heavy atom. The Kier molecular flexibility index (Phi) is 3.78. The lowest BCUT2D eigenvalue weighted by Crippen LogP contribution is -2.20. The molecule has 1 aromatic rings. The molecule has 0 saturated carbocycles. The summed E-state index contributed by atoms with van der Waals surface area (Å²) in [6.07, 6.45) is 8.25. The van der Waals surface area contributed by atoms with Gasteiger partial charge in [0.25, 0.3) is 0 Å². The van der Waals surface area contributed by atoms with Crippen molar-refractivity contribution in [3.8, 4) is 0 Å². The summed E-state index contributed by atoms with van der Waals surface area (Å²) in [5.41, 5.74) is 2.43. The summed E-state index contributed by atoms with van der Waals surface area (Å²) >= 11 is 0. The van der Waals surface area contributed by atoms with Crippen molar-refractivity contribution in [1.29, 1.82) is 0 Å². The molecule has 0 heterocycles. The van der Waals surface area contributed by atoms with Gasteiger partial charge in [0.2, 0.25) is 0 Å². The minimum Gasteiger partial charge on any atom is -0.0803 e. The molecule has 0 amide bonds. The lowest BCUT2D eigenvalue weighted by atomic mass is 9.97. The van der Waals surface area contributed by atoms with E-state index in [1.807, 2.05) is 0 Å². The first-order valence-corrected chi connectivity index (χ1v) is 7.75. The van der Waals surface area contributed by atoms with E-state index in [1.54, 1.807) is 10.8 Å². The highest BCUT2D eigenvalue weighted by molar-refractivity contribution is 6.56. The van der Waals surface area contributed by atoms with Crippen molar-refractivity contribution in [2.75, 3.05) is 0 Å². The molecule has 0 radical (unpaired) electrons. The van der Waals surface area contributed by atoms with Crippen LogP contribution in [0, 0.1) is 5.92 Å². The van der Waals surface area contributed by atoms with Gasteiger partial charge in [0.15, 0.2) is 0 Å². The fraction of sp³-hybridized carbons (Fsp3) is 0.333. The van der Waals surface area contributed by atoms with Crippen molar-refractivity contribution in [3.63, 3.8) is 0 Å². The summed E-state index contributed by atoms with van der Waals surface area (Å²) in [7, 11) is -0.190. The lowest BCUT2D eigenvalue weighted by molar-refractivity contribution is 0.645. The van der Waals surface area contributed by atoms with Crippen LogP contribution in [0.5, 0.6) is 0 Å². The maximum atomic E-state index is 2.40. The van der Waals surface area contributed by atoms with Gasteiger partial charge in [-0.15, -0.1) is 0 Å². The largest absolute Gasteiger partial charge is 0.0803 e. The SMILES string of the molecule is CCC(C)C1=CC=CC1[SiH2]c1ccccc1. The zero-order chi connectivity index (χ0) is 11.4. The van der Waals surface area contributed by atoms with E-state index < -0.39 is 0 Å². The average molecular weight is 228 g/mol. The number of hydrogen-bond donors (Lipinski definition) is 0. The average Bonchev–Trinajstić information content (AvgIpc) is 2.77. The zero-order valence-corrected chi connectivity index (χ0v) is 11.6. The first kappa shape index (κ1) is 11.4. The molecule has 84 valence electrons. The molecular formula is C15H20Si. The molecule has 1 heteroatoms. The summed E-state index contributed by atoms with van der Waals surface area (Å²) < 4.78 is 0. The molecule has 2 rings (SSSR count). The van der Waals surface area contributed by atoms with E-state index in [4.69, 9.17) is 0 Å². The summed E-state index contributed by atoms with van der Waals surface area (Å²) in [6.45, 7) is 4.64. The number of benzene rings is 1. The smallest absolute Gasteiger partial charge is 0.0667 e. The molecule has 2 unspecified atom stereocenters. The van der Waals surface area contributed by atoms with Crippen molar-refractivity contribution in [3.05, 3.63) is 54.1 Å². The van der Waals surface area contributed by atoms with Gasteiger partial charge in [-0.25, -0.2) is 0 Å². The third-order valence-electron chi connectivity index (χ3n) is 3.54. The lowest BCUT2D eigenvalue weighted by Gasteiger charge is -2.18. The monoisotopic (exact) mass is 228 g/mol. The molecule has 1 aliphatic rings. The number of allylic oxidation sites excluding steroid dienone is 4. The Balaban J connectivity index is 2.06. The second kappa shape index (κ2) is 5.31. The standard InChI is InChI=1S/C15H20Si/c1-3-12(2)14-10-7-11-15(14)16-13-8-5-4-6-9-13/h4-12,15H,3,16H2,1-2H3. The Labute approximate surface area is 101 Å². The molecule has 1 aliphatic carbocycles. The van der Waals surface area contributed by atoms with Crippen LogP contribution in [0.25, 0.3) is 0 Å². The maximum absolute atomic E-state index is 2.40.